The maximum atomic E-state index is 13.9. The van der Waals surface area contributed by atoms with Crippen molar-refractivity contribution < 1.29 is 27.1 Å². The Hall–Kier alpha value is -5.67. The summed E-state index contributed by atoms with van der Waals surface area (Å²) in [4.78, 5) is 23.5. The summed E-state index contributed by atoms with van der Waals surface area (Å²) in [5, 5.41) is 20.3. The Morgan fingerprint density at radius 3 is 2.49 bits per heavy atom. The lowest BCUT2D eigenvalue weighted by atomic mass is 10.2. The van der Waals surface area contributed by atoms with Gasteiger partial charge in [-0.25, -0.2) is 14.2 Å². The Balaban J connectivity index is 1.03. The van der Waals surface area contributed by atoms with Gasteiger partial charge in [0.05, 0.1) is 22.3 Å². The number of aromatic nitrogens is 6. The van der Waals surface area contributed by atoms with Gasteiger partial charge in [-0.2, -0.15) is 18.0 Å². The summed E-state index contributed by atoms with van der Waals surface area (Å²) < 4.78 is 58.6. The molecule has 6 rings (SSSR count). The molecule has 1 fully saturated rings. The highest BCUT2D eigenvalue weighted by Gasteiger charge is 2.31. The van der Waals surface area contributed by atoms with Gasteiger partial charge in [0.1, 0.15) is 23.9 Å². The average Bonchev–Trinajstić information content (AvgIpc) is 3.76. The molecule has 0 radical (unpaired) electrons. The number of tetrazole rings is 1. The summed E-state index contributed by atoms with van der Waals surface area (Å²) in [5.74, 6) is 1.05. The van der Waals surface area contributed by atoms with Crippen LogP contribution in [0.5, 0.6) is 11.5 Å². The molecule has 2 aromatic heterocycles. The number of benzene rings is 3. The number of allylic oxidation sites excluding steroid dienone is 1. The molecular formula is C29H26F4N10O2. The largest absolute Gasteiger partial charge is 0.457 e. The van der Waals surface area contributed by atoms with E-state index in [1.54, 1.807) is 30.3 Å². The Bertz CT molecular complexity index is 1850. The van der Waals surface area contributed by atoms with Gasteiger partial charge in [0.2, 0.25) is 5.95 Å². The van der Waals surface area contributed by atoms with Crippen molar-refractivity contribution in [1.29, 1.82) is 0 Å². The number of anilines is 4. The van der Waals surface area contributed by atoms with Gasteiger partial charge in [0.15, 0.2) is 0 Å². The summed E-state index contributed by atoms with van der Waals surface area (Å²) in [7, 11) is 0. The average molecular weight is 623 g/mol. The number of carbonyl (C=O) groups excluding carboxylic acids is 1. The molecule has 45 heavy (non-hydrogen) atoms. The predicted octanol–water partition coefficient (Wildman–Crippen LogP) is 6.37. The van der Waals surface area contributed by atoms with Crippen LogP contribution in [-0.4, -0.2) is 49.3 Å². The summed E-state index contributed by atoms with van der Waals surface area (Å²) in [6.07, 6.45) is -2.44. The van der Waals surface area contributed by atoms with E-state index in [-0.39, 0.29) is 0 Å². The Kier molecular flexibility index (Phi) is 7.93. The fourth-order valence-corrected chi connectivity index (χ4v) is 4.66. The number of ether oxygens (including phenoxy) is 1. The monoisotopic (exact) mass is 622 g/mol. The van der Waals surface area contributed by atoms with E-state index >= 15 is 0 Å². The number of hydrogen-bond acceptors (Lipinski definition) is 8. The Labute approximate surface area is 253 Å². The molecule has 0 aliphatic carbocycles. The molecule has 0 saturated carbocycles. The molecule has 5 aromatic rings. The number of amides is 2. The van der Waals surface area contributed by atoms with Crippen molar-refractivity contribution in [3.05, 3.63) is 84.3 Å². The van der Waals surface area contributed by atoms with E-state index < -0.39 is 29.3 Å². The number of H-pyrrole nitrogens is 1. The van der Waals surface area contributed by atoms with E-state index in [0.29, 0.717) is 70.6 Å². The first-order chi connectivity index (χ1) is 21.6. The fraction of sp³-hybridized carbons (Fsp3) is 0.207. The number of alkyl halides is 3. The van der Waals surface area contributed by atoms with Crippen LogP contribution in [0.3, 0.4) is 0 Å². The SMILES string of the molecule is C=C(Cn1nnc(N2CCCC2)n1)Nc1nc2ccc(Oc3ccc(NC(=O)Nc4cc(C(F)(F)F)ccc4F)cc3)cc2[nH]1. The number of rotatable bonds is 9. The molecule has 0 bridgehead atoms. The van der Waals surface area contributed by atoms with Crippen molar-refractivity contribution in [2.75, 3.05) is 33.9 Å². The third-order valence-electron chi connectivity index (χ3n) is 6.80. The molecule has 0 spiro atoms. The molecule has 3 aromatic carbocycles. The maximum Gasteiger partial charge on any atom is 0.416 e. The van der Waals surface area contributed by atoms with Crippen LogP contribution in [0, 0.1) is 5.82 Å². The van der Waals surface area contributed by atoms with Gasteiger partial charge < -0.3 is 30.6 Å². The number of nitrogens with one attached hydrogen (secondary N) is 4. The van der Waals surface area contributed by atoms with Crippen molar-refractivity contribution >= 4 is 40.3 Å². The summed E-state index contributed by atoms with van der Waals surface area (Å²) in [5.41, 5.74) is 0.626. The minimum absolute atomic E-state index is 0.306. The van der Waals surface area contributed by atoms with Gasteiger partial charge in [-0.05, 0) is 72.7 Å². The second-order valence-corrected chi connectivity index (χ2v) is 10.2. The highest BCUT2D eigenvalue weighted by atomic mass is 19.4. The lowest BCUT2D eigenvalue weighted by Gasteiger charge is -2.12. The zero-order chi connectivity index (χ0) is 31.6. The lowest BCUT2D eigenvalue weighted by molar-refractivity contribution is -0.137. The van der Waals surface area contributed by atoms with Crippen molar-refractivity contribution in [3.8, 4) is 11.5 Å². The Morgan fingerprint density at radius 1 is 0.978 bits per heavy atom. The number of hydrogen-bond donors (Lipinski definition) is 4. The van der Waals surface area contributed by atoms with E-state index in [9.17, 15) is 22.4 Å². The number of fused-ring (bicyclic) bond motifs is 1. The van der Waals surface area contributed by atoms with Crippen LogP contribution in [0.4, 0.5) is 45.6 Å². The van der Waals surface area contributed by atoms with Gasteiger partial charge >= 0.3 is 12.2 Å². The van der Waals surface area contributed by atoms with Gasteiger partial charge in [-0.3, -0.25) is 0 Å². The van der Waals surface area contributed by atoms with E-state index in [0.717, 1.165) is 25.9 Å². The maximum absolute atomic E-state index is 13.9. The van der Waals surface area contributed by atoms with Crippen LogP contribution in [0.25, 0.3) is 11.0 Å². The third kappa shape index (κ3) is 7.11. The number of halogens is 4. The van der Waals surface area contributed by atoms with Crippen LogP contribution in [0.1, 0.15) is 18.4 Å². The van der Waals surface area contributed by atoms with Crippen molar-refractivity contribution in [2.45, 2.75) is 25.6 Å². The van der Waals surface area contributed by atoms with Gasteiger partial charge in [0, 0.05) is 30.5 Å². The zero-order valence-electron chi connectivity index (χ0n) is 23.5. The van der Waals surface area contributed by atoms with E-state index in [4.69, 9.17) is 4.74 Å². The standard InChI is InChI=1S/C29H26F4N10O2/c1-17(16-43-40-27(39-41-43)42-12-2-3-13-42)34-26-36-23-11-9-21(15-25(23)37-26)45-20-7-5-19(6-8-20)35-28(44)38-24-14-18(29(31,32)33)4-10-22(24)30/h4-11,14-15H,1-3,12-13,16H2,(H2,34,36,37)(H2,35,38,44). The number of imidazole rings is 1. The molecular weight excluding hydrogens is 596 g/mol. The molecule has 0 unspecified atom stereocenters. The molecule has 232 valence electrons. The smallest absolute Gasteiger partial charge is 0.416 e. The first kappa shape index (κ1) is 29.4. The van der Waals surface area contributed by atoms with Gasteiger partial charge in [-0.1, -0.05) is 11.7 Å². The van der Waals surface area contributed by atoms with Gasteiger partial charge in [-0.15, -0.1) is 5.10 Å². The lowest BCUT2D eigenvalue weighted by Crippen LogP contribution is -2.20. The van der Waals surface area contributed by atoms with E-state index in [1.165, 1.54) is 16.9 Å². The van der Waals surface area contributed by atoms with Crippen molar-refractivity contribution in [1.82, 2.24) is 30.2 Å². The molecule has 0 atom stereocenters. The van der Waals surface area contributed by atoms with E-state index in [1.807, 2.05) is 0 Å². The molecule has 1 saturated heterocycles. The quantitative estimate of drug-likeness (QED) is 0.139. The Morgan fingerprint density at radius 2 is 1.73 bits per heavy atom. The molecule has 1 aliphatic heterocycles. The molecule has 2 amide bonds. The summed E-state index contributed by atoms with van der Waals surface area (Å²) in [6, 6.07) is 12.4. The molecule has 12 nitrogen and oxygen atoms in total. The molecule has 3 heterocycles. The van der Waals surface area contributed by atoms with Gasteiger partial charge in [0.25, 0.3) is 5.95 Å². The first-order valence-electron chi connectivity index (χ1n) is 13.8. The number of carbonyl (C=O) groups is 1. The second-order valence-electron chi connectivity index (χ2n) is 10.2. The number of urea groups is 1. The fourth-order valence-electron chi connectivity index (χ4n) is 4.66. The minimum Gasteiger partial charge on any atom is -0.457 e. The van der Waals surface area contributed by atoms with Crippen LogP contribution in [-0.2, 0) is 12.7 Å². The van der Waals surface area contributed by atoms with Crippen molar-refractivity contribution in [2.24, 2.45) is 0 Å². The normalized spacial score (nSPS) is 13.2. The summed E-state index contributed by atoms with van der Waals surface area (Å²) >= 11 is 0. The predicted molar refractivity (Wildman–Crippen MR) is 159 cm³/mol. The third-order valence-corrected chi connectivity index (χ3v) is 6.80. The summed E-state index contributed by atoms with van der Waals surface area (Å²) in [6.45, 7) is 6.19. The topological polar surface area (TPSA) is 138 Å². The highest BCUT2D eigenvalue weighted by Crippen LogP contribution is 2.32. The first-order valence-corrected chi connectivity index (χ1v) is 13.8. The molecule has 1 aliphatic rings. The van der Waals surface area contributed by atoms with Crippen LogP contribution in [0.15, 0.2) is 72.9 Å². The van der Waals surface area contributed by atoms with Crippen LogP contribution < -0.4 is 25.6 Å². The second kappa shape index (κ2) is 12.1. The van der Waals surface area contributed by atoms with Crippen LogP contribution >= 0.6 is 0 Å². The zero-order valence-corrected chi connectivity index (χ0v) is 23.5. The highest BCUT2D eigenvalue weighted by molar-refractivity contribution is 5.99. The molecule has 16 heteroatoms. The minimum atomic E-state index is -4.68. The number of aromatic amines is 1. The molecule has 4 N–H and O–H groups in total. The van der Waals surface area contributed by atoms with Crippen LogP contribution in [0.2, 0.25) is 0 Å². The number of nitrogens with zero attached hydrogens (tertiary/aromatic N) is 6. The van der Waals surface area contributed by atoms with Crippen molar-refractivity contribution in [3.63, 3.8) is 0 Å². The van der Waals surface area contributed by atoms with E-state index in [2.05, 4.69) is 52.8 Å².